The van der Waals surface area contributed by atoms with Crippen molar-refractivity contribution < 1.29 is 23.7 Å². The zero-order valence-electron chi connectivity index (χ0n) is 17.8. The molecule has 2 aromatic carbocycles. The first-order valence-corrected chi connectivity index (χ1v) is 11.0. The Hall–Kier alpha value is -3.26. The van der Waals surface area contributed by atoms with Gasteiger partial charge in [0, 0.05) is 11.1 Å². The number of nitrogens with zero attached hydrogens (tertiary/aromatic N) is 1. The van der Waals surface area contributed by atoms with Crippen molar-refractivity contribution in [3.63, 3.8) is 0 Å². The Morgan fingerprint density at radius 2 is 1.61 bits per heavy atom. The third kappa shape index (κ3) is 6.11. The standard InChI is InChI=1S/C23H26N2O5S/c1-4-27-19-12-16(13-20(28-5-2)21(19)29-6-3)22(26)30-14-18-15-31-23(25-18)24-17-10-8-7-9-11-17/h7-13,15H,4-6,14H2,1-3H3,(H,24,25). The van der Waals surface area contributed by atoms with E-state index in [0.29, 0.717) is 48.3 Å². The smallest absolute Gasteiger partial charge is 0.338 e. The number of rotatable bonds is 11. The molecule has 0 aliphatic carbocycles. The second kappa shape index (κ2) is 11.2. The van der Waals surface area contributed by atoms with E-state index in [9.17, 15) is 4.79 Å². The maximum Gasteiger partial charge on any atom is 0.338 e. The van der Waals surface area contributed by atoms with E-state index >= 15 is 0 Å². The number of hydrogen-bond acceptors (Lipinski definition) is 8. The molecule has 164 valence electrons. The second-order valence-electron chi connectivity index (χ2n) is 6.31. The summed E-state index contributed by atoms with van der Waals surface area (Å²) in [6.45, 7) is 6.98. The van der Waals surface area contributed by atoms with Crippen LogP contribution in [-0.4, -0.2) is 30.8 Å². The highest BCUT2D eigenvalue weighted by molar-refractivity contribution is 7.13. The van der Waals surface area contributed by atoms with Crippen LogP contribution in [0.5, 0.6) is 17.2 Å². The predicted octanol–water partition coefficient (Wildman–Crippen LogP) is 5.44. The van der Waals surface area contributed by atoms with Gasteiger partial charge in [-0.25, -0.2) is 9.78 Å². The van der Waals surface area contributed by atoms with Crippen LogP contribution in [0.4, 0.5) is 10.8 Å². The Morgan fingerprint density at radius 1 is 0.968 bits per heavy atom. The Morgan fingerprint density at radius 3 is 2.23 bits per heavy atom. The van der Waals surface area contributed by atoms with Crippen LogP contribution in [0.15, 0.2) is 47.8 Å². The van der Waals surface area contributed by atoms with Gasteiger partial charge in [-0.05, 0) is 45.0 Å². The van der Waals surface area contributed by atoms with Gasteiger partial charge in [-0.1, -0.05) is 18.2 Å². The molecule has 3 aromatic rings. The van der Waals surface area contributed by atoms with Crippen LogP contribution in [0, 0.1) is 0 Å². The van der Waals surface area contributed by atoms with E-state index in [1.807, 2.05) is 56.5 Å². The lowest BCUT2D eigenvalue weighted by molar-refractivity contribution is 0.0467. The number of benzene rings is 2. The first-order chi connectivity index (χ1) is 15.1. The fraction of sp³-hybridized carbons (Fsp3) is 0.304. The van der Waals surface area contributed by atoms with Crippen molar-refractivity contribution in [2.24, 2.45) is 0 Å². The van der Waals surface area contributed by atoms with Crippen molar-refractivity contribution in [2.45, 2.75) is 27.4 Å². The zero-order valence-corrected chi connectivity index (χ0v) is 18.7. The Labute approximate surface area is 185 Å². The van der Waals surface area contributed by atoms with Crippen molar-refractivity contribution in [3.8, 4) is 17.2 Å². The first kappa shape index (κ1) is 22.4. The van der Waals surface area contributed by atoms with Gasteiger partial charge in [0.2, 0.25) is 5.75 Å². The Balaban J connectivity index is 1.70. The molecule has 0 radical (unpaired) electrons. The van der Waals surface area contributed by atoms with Crippen LogP contribution in [0.3, 0.4) is 0 Å². The van der Waals surface area contributed by atoms with Crippen LogP contribution >= 0.6 is 11.3 Å². The van der Waals surface area contributed by atoms with Crippen LogP contribution in [0.2, 0.25) is 0 Å². The lowest BCUT2D eigenvalue weighted by atomic mass is 10.2. The van der Waals surface area contributed by atoms with Gasteiger partial charge in [-0.3, -0.25) is 0 Å². The maximum atomic E-state index is 12.7. The minimum atomic E-state index is -0.490. The molecule has 0 fully saturated rings. The number of ether oxygens (including phenoxy) is 4. The van der Waals surface area contributed by atoms with Gasteiger partial charge in [0.1, 0.15) is 6.61 Å². The normalized spacial score (nSPS) is 10.4. The summed E-state index contributed by atoms with van der Waals surface area (Å²) in [5, 5.41) is 5.81. The highest BCUT2D eigenvalue weighted by atomic mass is 32.1. The first-order valence-electron chi connectivity index (χ1n) is 10.1. The maximum absolute atomic E-state index is 12.7. The third-order valence-corrected chi connectivity index (χ3v) is 4.88. The molecule has 0 aliphatic heterocycles. The molecule has 0 aliphatic rings. The van der Waals surface area contributed by atoms with Gasteiger partial charge in [0.15, 0.2) is 16.6 Å². The van der Waals surface area contributed by atoms with E-state index in [1.54, 1.807) is 12.1 Å². The molecule has 8 heteroatoms. The van der Waals surface area contributed by atoms with Crippen molar-refractivity contribution in [1.82, 2.24) is 4.98 Å². The van der Waals surface area contributed by atoms with Crippen molar-refractivity contribution in [3.05, 3.63) is 59.1 Å². The molecule has 3 rings (SSSR count). The lowest BCUT2D eigenvalue weighted by Gasteiger charge is -2.16. The molecule has 0 atom stereocenters. The van der Waals surface area contributed by atoms with E-state index in [1.165, 1.54) is 11.3 Å². The number of carbonyl (C=O) groups is 1. The van der Waals surface area contributed by atoms with Gasteiger partial charge >= 0.3 is 5.97 Å². The SMILES string of the molecule is CCOc1cc(C(=O)OCc2csc(Nc3ccccc3)n2)cc(OCC)c1OCC. The molecule has 0 bridgehead atoms. The summed E-state index contributed by atoms with van der Waals surface area (Å²) in [6, 6.07) is 13.0. The number of thiazole rings is 1. The molecule has 1 heterocycles. The monoisotopic (exact) mass is 442 g/mol. The molecule has 0 spiro atoms. The summed E-state index contributed by atoms with van der Waals surface area (Å²) in [4.78, 5) is 17.1. The molecular weight excluding hydrogens is 416 g/mol. The lowest BCUT2D eigenvalue weighted by Crippen LogP contribution is -2.09. The van der Waals surface area contributed by atoms with Crippen LogP contribution in [0.25, 0.3) is 0 Å². The number of hydrogen-bond donors (Lipinski definition) is 1. The second-order valence-corrected chi connectivity index (χ2v) is 7.17. The summed E-state index contributed by atoms with van der Waals surface area (Å²) in [5.41, 5.74) is 1.94. The number of carbonyl (C=O) groups excluding carboxylic acids is 1. The predicted molar refractivity (Wildman–Crippen MR) is 121 cm³/mol. The summed E-state index contributed by atoms with van der Waals surface area (Å²) in [7, 11) is 0. The van der Waals surface area contributed by atoms with Crippen LogP contribution in [0.1, 0.15) is 36.8 Å². The summed E-state index contributed by atoms with van der Waals surface area (Å²) in [5.74, 6) is 0.893. The molecule has 0 saturated carbocycles. The highest BCUT2D eigenvalue weighted by Gasteiger charge is 2.19. The van der Waals surface area contributed by atoms with E-state index in [-0.39, 0.29) is 6.61 Å². The molecule has 31 heavy (non-hydrogen) atoms. The molecule has 7 nitrogen and oxygen atoms in total. The Bertz CT molecular complexity index is 964. The summed E-state index contributed by atoms with van der Waals surface area (Å²) >= 11 is 1.45. The summed E-state index contributed by atoms with van der Waals surface area (Å²) < 4.78 is 22.5. The van der Waals surface area contributed by atoms with Gasteiger partial charge in [0.05, 0.1) is 31.1 Å². The number of nitrogens with one attached hydrogen (secondary N) is 1. The largest absolute Gasteiger partial charge is 0.490 e. The van der Waals surface area contributed by atoms with E-state index in [4.69, 9.17) is 18.9 Å². The fourth-order valence-electron chi connectivity index (χ4n) is 2.80. The third-order valence-electron chi connectivity index (χ3n) is 4.07. The van der Waals surface area contributed by atoms with Crippen molar-refractivity contribution in [1.29, 1.82) is 0 Å². The van der Waals surface area contributed by atoms with Crippen LogP contribution in [-0.2, 0) is 11.3 Å². The van der Waals surface area contributed by atoms with E-state index in [0.717, 1.165) is 10.8 Å². The van der Waals surface area contributed by atoms with E-state index < -0.39 is 5.97 Å². The minimum absolute atomic E-state index is 0.0625. The molecule has 0 saturated heterocycles. The average molecular weight is 443 g/mol. The molecule has 0 unspecified atom stereocenters. The van der Waals surface area contributed by atoms with Gasteiger partial charge in [-0.15, -0.1) is 11.3 Å². The van der Waals surface area contributed by atoms with Gasteiger partial charge in [-0.2, -0.15) is 0 Å². The number of aromatic nitrogens is 1. The van der Waals surface area contributed by atoms with Gasteiger partial charge in [0.25, 0.3) is 0 Å². The number of para-hydroxylation sites is 1. The highest BCUT2D eigenvalue weighted by Crippen LogP contribution is 2.39. The molecule has 1 N–H and O–H groups in total. The quantitative estimate of drug-likeness (QED) is 0.396. The van der Waals surface area contributed by atoms with Gasteiger partial charge < -0.3 is 24.3 Å². The molecular formula is C23H26N2O5S. The number of esters is 1. The fourth-order valence-corrected chi connectivity index (χ4v) is 3.52. The topological polar surface area (TPSA) is 78.9 Å². The zero-order chi connectivity index (χ0) is 22.1. The number of anilines is 2. The van der Waals surface area contributed by atoms with Crippen molar-refractivity contribution in [2.75, 3.05) is 25.1 Å². The van der Waals surface area contributed by atoms with Crippen molar-refractivity contribution >= 4 is 28.1 Å². The summed E-state index contributed by atoms with van der Waals surface area (Å²) in [6.07, 6.45) is 0. The molecule has 0 amide bonds. The average Bonchev–Trinajstić information content (AvgIpc) is 3.22. The molecule has 1 aromatic heterocycles. The minimum Gasteiger partial charge on any atom is -0.490 e. The van der Waals surface area contributed by atoms with Crippen LogP contribution < -0.4 is 19.5 Å². The van der Waals surface area contributed by atoms with E-state index in [2.05, 4.69) is 10.3 Å². The Kier molecular flexibility index (Phi) is 8.12.